The zero-order chi connectivity index (χ0) is 19.5. The molecule has 1 heterocycles. The second-order valence-electron chi connectivity index (χ2n) is 7.62. The highest BCUT2D eigenvalue weighted by Crippen LogP contribution is 2.40. The Balaban J connectivity index is 1.63. The molecule has 4 rings (SSSR count). The van der Waals surface area contributed by atoms with Gasteiger partial charge >= 0.3 is 0 Å². The molecule has 0 aliphatic heterocycles. The Morgan fingerprint density at radius 3 is 2.68 bits per heavy atom. The zero-order valence-electron chi connectivity index (χ0n) is 15.8. The van der Waals surface area contributed by atoms with Gasteiger partial charge in [0, 0.05) is 27.7 Å². The van der Waals surface area contributed by atoms with E-state index < -0.39 is 0 Å². The summed E-state index contributed by atoms with van der Waals surface area (Å²) in [5.74, 6) is 0.0423. The number of nitrogens with zero attached hydrogens (tertiary/aromatic N) is 1. The van der Waals surface area contributed by atoms with Gasteiger partial charge in [0.1, 0.15) is 5.00 Å². The van der Waals surface area contributed by atoms with Crippen LogP contribution in [0.1, 0.15) is 71.3 Å². The number of halogens is 2. The van der Waals surface area contributed by atoms with E-state index in [0.29, 0.717) is 16.1 Å². The van der Waals surface area contributed by atoms with Crippen LogP contribution in [0.2, 0.25) is 10.0 Å². The van der Waals surface area contributed by atoms with E-state index in [1.165, 1.54) is 36.1 Å². The molecule has 0 saturated heterocycles. The smallest absolute Gasteiger partial charge is 0.254 e. The van der Waals surface area contributed by atoms with Crippen LogP contribution in [0.5, 0.6) is 0 Å². The molecule has 1 fully saturated rings. The van der Waals surface area contributed by atoms with Gasteiger partial charge < -0.3 is 5.32 Å². The molecule has 2 aromatic rings. The van der Waals surface area contributed by atoms with Gasteiger partial charge in [-0.3, -0.25) is 4.79 Å². The summed E-state index contributed by atoms with van der Waals surface area (Å²) in [5, 5.41) is 5.24. The molecule has 1 saturated carbocycles. The summed E-state index contributed by atoms with van der Waals surface area (Å²) in [6.45, 7) is 0. The van der Waals surface area contributed by atoms with Crippen molar-refractivity contribution in [3.8, 4) is 0 Å². The van der Waals surface area contributed by atoms with Gasteiger partial charge in [0.15, 0.2) is 0 Å². The van der Waals surface area contributed by atoms with E-state index in [4.69, 9.17) is 28.2 Å². The molecule has 3 nitrogen and oxygen atoms in total. The van der Waals surface area contributed by atoms with E-state index in [9.17, 15) is 4.79 Å². The molecule has 2 aliphatic rings. The summed E-state index contributed by atoms with van der Waals surface area (Å²) in [5.41, 5.74) is 2.79. The third kappa shape index (κ3) is 4.45. The van der Waals surface area contributed by atoms with Crippen LogP contribution < -0.4 is 5.32 Å². The fraction of sp³-hybridized carbons (Fsp3) is 0.455. The highest BCUT2D eigenvalue weighted by molar-refractivity contribution is 7.16. The van der Waals surface area contributed by atoms with Gasteiger partial charge in [-0.15, -0.1) is 11.3 Å². The van der Waals surface area contributed by atoms with Gasteiger partial charge in [-0.1, -0.05) is 48.5 Å². The van der Waals surface area contributed by atoms with E-state index in [0.717, 1.165) is 48.2 Å². The molecular weight excluding hydrogens is 411 g/mol. The van der Waals surface area contributed by atoms with Gasteiger partial charge in [0.05, 0.1) is 10.6 Å². The number of nitrogens with one attached hydrogen (secondary N) is 1. The summed E-state index contributed by atoms with van der Waals surface area (Å²) in [6.07, 6.45) is 11.9. The molecule has 0 spiro atoms. The first kappa shape index (κ1) is 19.9. The lowest BCUT2D eigenvalue weighted by molar-refractivity contribution is 0.0927. The van der Waals surface area contributed by atoms with Crippen molar-refractivity contribution in [1.82, 2.24) is 5.32 Å². The minimum absolute atomic E-state index is 0.0423. The predicted octanol–water partition coefficient (Wildman–Crippen LogP) is 6.75. The monoisotopic (exact) mass is 434 g/mol. The van der Waals surface area contributed by atoms with E-state index in [1.54, 1.807) is 29.7 Å². The van der Waals surface area contributed by atoms with Crippen LogP contribution in [-0.4, -0.2) is 18.2 Å². The Bertz CT molecular complexity index is 900. The number of aliphatic imine (C=N–C) groups is 1. The fourth-order valence-corrected chi connectivity index (χ4v) is 5.80. The van der Waals surface area contributed by atoms with Gasteiger partial charge in [0.2, 0.25) is 0 Å². The molecule has 28 heavy (non-hydrogen) atoms. The van der Waals surface area contributed by atoms with E-state index in [-0.39, 0.29) is 5.91 Å². The molecule has 1 aromatic heterocycles. The molecule has 2 aliphatic carbocycles. The number of thiophene rings is 1. The lowest BCUT2D eigenvalue weighted by Gasteiger charge is -2.23. The van der Waals surface area contributed by atoms with Crippen LogP contribution >= 0.6 is 34.5 Å². The van der Waals surface area contributed by atoms with Crippen molar-refractivity contribution in [3.05, 3.63) is 49.8 Å². The van der Waals surface area contributed by atoms with E-state index >= 15 is 0 Å². The number of hydrogen-bond donors (Lipinski definition) is 1. The summed E-state index contributed by atoms with van der Waals surface area (Å²) < 4.78 is 0. The summed E-state index contributed by atoms with van der Waals surface area (Å²) in [7, 11) is 0. The Kier molecular flexibility index (Phi) is 6.39. The Hall–Kier alpha value is -1.36. The molecule has 1 N–H and O–H groups in total. The Morgan fingerprint density at radius 2 is 1.89 bits per heavy atom. The molecule has 1 aromatic carbocycles. The molecule has 1 amide bonds. The van der Waals surface area contributed by atoms with Crippen LogP contribution in [0, 0.1) is 0 Å². The van der Waals surface area contributed by atoms with Crippen molar-refractivity contribution in [2.24, 2.45) is 4.99 Å². The second kappa shape index (κ2) is 8.98. The van der Waals surface area contributed by atoms with Crippen LogP contribution in [0.25, 0.3) is 0 Å². The minimum atomic E-state index is 0.0423. The molecule has 148 valence electrons. The van der Waals surface area contributed by atoms with Crippen LogP contribution in [0.15, 0.2) is 23.2 Å². The number of hydrogen-bond acceptors (Lipinski definition) is 3. The summed E-state index contributed by atoms with van der Waals surface area (Å²) >= 11 is 13.9. The molecule has 0 bridgehead atoms. The number of rotatable bonds is 4. The van der Waals surface area contributed by atoms with Crippen molar-refractivity contribution in [1.29, 1.82) is 0 Å². The molecule has 0 radical (unpaired) electrons. The van der Waals surface area contributed by atoms with Crippen molar-refractivity contribution in [3.63, 3.8) is 0 Å². The molecule has 6 heteroatoms. The van der Waals surface area contributed by atoms with Gasteiger partial charge in [-0.25, -0.2) is 4.99 Å². The molecular formula is C22H24Cl2N2OS. The van der Waals surface area contributed by atoms with E-state index in [2.05, 4.69) is 5.32 Å². The maximum Gasteiger partial charge on any atom is 0.254 e. The largest absolute Gasteiger partial charge is 0.349 e. The fourth-order valence-electron chi connectivity index (χ4n) is 4.12. The second-order valence-corrected chi connectivity index (χ2v) is 9.55. The highest BCUT2D eigenvalue weighted by Gasteiger charge is 2.27. The number of aryl methyl sites for hydroxylation is 1. The topological polar surface area (TPSA) is 41.5 Å². The average Bonchev–Trinajstić information content (AvgIpc) is 3.06. The number of benzene rings is 1. The standard InChI is InChI=1S/C22H24Cl2N2OS/c23-15-11-10-14(18(24)12-15)13-25-22-20(17-8-4-5-9-19(17)28-22)21(27)26-16-6-2-1-3-7-16/h10-13,16H,1-9H2,(H,26,27)/b25-13+. The minimum Gasteiger partial charge on any atom is -0.349 e. The first-order valence-corrected chi connectivity index (χ1v) is 11.6. The average molecular weight is 435 g/mol. The van der Waals surface area contributed by atoms with Crippen molar-refractivity contribution in [2.75, 3.05) is 0 Å². The Labute approximate surface area is 180 Å². The lowest BCUT2D eigenvalue weighted by atomic mass is 9.93. The maximum absolute atomic E-state index is 13.2. The van der Waals surface area contributed by atoms with Crippen molar-refractivity contribution >= 4 is 51.7 Å². The lowest BCUT2D eigenvalue weighted by Crippen LogP contribution is -2.36. The Morgan fingerprint density at radius 1 is 1.11 bits per heavy atom. The SMILES string of the molecule is O=C(NC1CCCCC1)c1c(/N=C/c2ccc(Cl)cc2Cl)sc2c1CCCC2. The van der Waals surface area contributed by atoms with Crippen LogP contribution in [-0.2, 0) is 12.8 Å². The third-order valence-corrected chi connectivity index (χ3v) is 7.37. The highest BCUT2D eigenvalue weighted by atomic mass is 35.5. The number of amides is 1. The van der Waals surface area contributed by atoms with Crippen molar-refractivity contribution < 1.29 is 4.79 Å². The number of carbonyl (C=O) groups is 1. The number of fused-ring (bicyclic) bond motifs is 1. The van der Waals surface area contributed by atoms with Gasteiger partial charge in [-0.05, 0) is 56.2 Å². The molecule has 0 unspecified atom stereocenters. The maximum atomic E-state index is 13.2. The summed E-state index contributed by atoms with van der Waals surface area (Å²) in [6, 6.07) is 5.65. The van der Waals surface area contributed by atoms with Crippen LogP contribution in [0.3, 0.4) is 0 Å². The zero-order valence-corrected chi connectivity index (χ0v) is 18.1. The quantitative estimate of drug-likeness (QED) is 0.531. The van der Waals surface area contributed by atoms with Crippen molar-refractivity contribution in [2.45, 2.75) is 63.8 Å². The van der Waals surface area contributed by atoms with Crippen LogP contribution in [0.4, 0.5) is 5.00 Å². The normalized spacial score (nSPS) is 17.6. The third-order valence-electron chi connectivity index (χ3n) is 5.60. The predicted molar refractivity (Wildman–Crippen MR) is 119 cm³/mol. The first-order valence-electron chi connectivity index (χ1n) is 10.1. The first-order chi connectivity index (χ1) is 13.6. The van der Waals surface area contributed by atoms with Gasteiger partial charge in [-0.2, -0.15) is 0 Å². The summed E-state index contributed by atoms with van der Waals surface area (Å²) in [4.78, 5) is 19.2. The molecule has 0 atom stereocenters. The van der Waals surface area contributed by atoms with Gasteiger partial charge in [0.25, 0.3) is 5.91 Å². The number of carbonyl (C=O) groups excluding carboxylic acids is 1. The van der Waals surface area contributed by atoms with E-state index in [1.807, 2.05) is 6.07 Å².